The summed E-state index contributed by atoms with van der Waals surface area (Å²) < 4.78 is 1.03. The highest BCUT2D eigenvalue weighted by atomic mass is 79.9. The van der Waals surface area contributed by atoms with Crippen molar-refractivity contribution in [3.63, 3.8) is 0 Å². The van der Waals surface area contributed by atoms with E-state index >= 15 is 0 Å². The van der Waals surface area contributed by atoms with Crippen LogP contribution < -0.4 is 10.6 Å². The lowest BCUT2D eigenvalue weighted by Gasteiger charge is -2.08. The van der Waals surface area contributed by atoms with Crippen molar-refractivity contribution in [2.24, 2.45) is 0 Å². The summed E-state index contributed by atoms with van der Waals surface area (Å²) in [7, 11) is 0. The maximum Gasteiger partial charge on any atom is 0.226 e. The van der Waals surface area contributed by atoms with Crippen molar-refractivity contribution in [2.45, 2.75) is 6.42 Å². The molecule has 1 amide bonds. The van der Waals surface area contributed by atoms with E-state index in [9.17, 15) is 4.79 Å². The number of benzene rings is 2. The molecule has 2 aromatic rings. The third-order valence-corrected chi connectivity index (χ3v) is 3.40. The molecular weight excluding hydrogens is 340 g/mol. The van der Waals surface area contributed by atoms with Crippen molar-refractivity contribution in [2.75, 3.05) is 17.2 Å². The maximum atomic E-state index is 11.8. The van der Waals surface area contributed by atoms with Crippen LogP contribution >= 0.6 is 27.5 Å². The first-order valence-electron chi connectivity index (χ1n) is 6.18. The number of amides is 1. The van der Waals surface area contributed by atoms with Crippen LogP contribution in [0, 0.1) is 0 Å². The highest BCUT2D eigenvalue weighted by Gasteiger charge is 2.02. The summed E-state index contributed by atoms with van der Waals surface area (Å²) in [5.74, 6) is -0.0446. The first-order valence-corrected chi connectivity index (χ1v) is 7.35. The van der Waals surface area contributed by atoms with Crippen LogP contribution in [0.4, 0.5) is 11.4 Å². The zero-order valence-electron chi connectivity index (χ0n) is 10.7. The number of hydrogen-bond donors (Lipinski definition) is 2. The molecule has 0 radical (unpaired) electrons. The number of carbonyl (C=O) groups excluding carboxylic acids is 1. The monoisotopic (exact) mass is 352 g/mol. The van der Waals surface area contributed by atoms with Gasteiger partial charge in [-0.15, -0.1) is 0 Å². The highest BCUT2D eigenvalue weighted by molar-refractivity contribution is 9.10. The van der Waals surface area contributed by atoms with Crippen LogP contribution in [-0.4, -0.2) is 12.5 Å². The van der Waals surface area contributed by atoms with E-state index in [4.69, 9.17) is 11.6 Å². The highest BCUT2D eigenvalue weighted by Crippen LogP contribution is 2.16. The van der Waals surface area contributed by atoms with Crippen LogP contribution in [0.25, 0.3) is 0 Å². The molecule has 0 saturated carbocycles. The van der Waals surface area contributed by atoms with Gasteiger partial charge in [-0.1, -0.05) is 33.6 Å². The van der Waals surface area contributed by atoms with Crippen LogP contribution in [0.3, 0.4) is 0 Å². The molecule has 0 aliphatic rings. The van der Waals surface area contributed by atoms with E-state index in [2.05, 4.69) is 26.6 Å². The van der Waals surface area contributed by atoms with Gasteiger partial charge in [-0.25, -0.2) is 0 Å². The molecule has 0 spiro atoms. The predicted molar refractivity (Wildman–Crippen MR) is 87.3 cm³/mol. The second kappa shape index (κ2) is 7.31. The number of anilines is 2. The molecule has 0 aliphatic heterocycles. The largest absolute Gasteiger partial charge is 0.385 e. The second-order valence-electron chi connectivity index (χ2n) is 4.24. The number of hydrogen-bond acceptors (Lipinski definition) is 2. The molecular formula is C15H14BrClN2O. The molecule has 0 fully saturated rings. The molecule has 0 aromatic heterocycles. The van der Waals surface area contributed by atoms with Crippen LogP contribution in [0.1, 0.15) is 6.42 Å². The van der Waals surface area contributed by atoms with Gasteiger partial charge in [0.2, 0.25) is 5.91 Å². The lowest BCUT2D eigenvalue weighted by Crippen LogP contribution is -2.16. The minimum absolute atomic E-state index is 0.0446. The molecule has 0 saturated heterocycles. The first-order chi connectivity index (χ1) is 9.63. The molecule has 20 heavy (non-hydrogen) atoms. The molecule has 0 unspecified atom stereocenters. The van der Waals surface area contributed by atoms with Crippen LogP contribution in [0.15, 0.2) is 53.0 Å². The van der Waals surface area contributed by atoms with E-state index in [1.165, 1.54) is 0 Å². The molecule has 0 aliphatic carbocycles. The Hall–Kier alpha value is -1.52. The van der Waals surface area contributed by atoms with Gasteiger partial charge in [-0.3, -0.25) is 4.79 Å². The van der Waals surface area contributed by atoms with Crippen LogP contribution in [-0.2, 0) is 4.79 Å². The zero-order chi connectivity index (χ0) is 14.4. The first kappa shape index (κ1) is 14.9. The molecule has 0 atom stereocenters. The number of nitrogens with one attached hydrogen (secondary N) is 2. The molecule has 2 N–H and O–H groups in total. The van der Waals surface area contributed by atoms with Gasteiger partial charge in [0.15, 0.2) is 0 Å². The quantitative estimate of drug-likeness (QED) is 0.828. The molecule has 3 nitrogen and oxygen atoms in total. The van der Waals surface area contributed by atoms with Crippen molar-refractivity contribution < 1.29 is 4.79 Å². The van der Waals surface area contributed by atoms with E-state index in [0.717, 1.165) is 10.2 Å². The van der Waals surface area contributed by atoms with Crippen molar-refractivity contribution in [3.05, 3.63) is 58.0 Å². The fourth-order valence-electron chi connectivity index (χ4n) is 1.68. The lowest BCUT2D eigenvalue weighted by molar-refractivity contribution is -0.115. The normalized spacial score (nSPS) is 10.1. The summed E-state index contributed by atoms with van der Waals surface area (Å²) in [6.07, 6.45) is 0.391. The van der Waals surface area contributed by atoms with Gasteiger partial charge in [-0.2, -0.15) is 0 Å². The summed E-state index contributed by atoms with van der Waals surface area (Å²) >= 11 is 9.24. The van der Waals surface area contributed by atoms with Gasteiger partial charge < -0.3 is 10.6 Å². The summed E-state index contributed by atoms with van der Waals surface area (Å²) in [5.41, 5.74) is 1.70. The Bertz CT molecular complexity index is 587. The smallest absolute Gasteiger partial charge is 0.226 e. The second-order valence-corrected chi connectivity index (χ2v) is 5.59. The van der Waals surface area contributed by atoms with E-state index in [1.54, 1.807) is 18.2 Å². The Morgan fingerprint density at radius 3 is 2.55 bits per heavy atom. The average Bonchev–Trinajstić information content (AvgIpc) is 2.41. The average molecular weight is 354 g/mol. The van der Waals surface area contributed by atoms with E-state index < -0.39 is 0 Å². The lowest BCUT2D eigenvalue weighted by atomic mass is 10.3. The fourth-order valence-corrected chi connectivity index (χ4v) is 2.13. The number of carbonyl (C=O) groups is 1. The molecule has 0 bridgehead atoms. The Kier molecular flexibility index (Phi) is 5.44. The Balaban J connectivity index is 1.76. The third-order valence-electron chi connectivity index (χ3n) is 2.63. The van der Waals surface area contributed by atoms with Crippen molar-refractivity contribution in [3.8, 4) is 0 Å². The zero-order valence-corrected chi connectivity index (χ0v) is 13.0. The number of rotatable bonds is 5. The Morgan fingerprint density at radius 2 is 1.85 bits per heavy atom. The van der Waals surface area contributed by atoms with Crippen molar-refractivity contribution in [1.82, 2.24) is 0 Å². The van der Waals surface area contributed by atoms with Gasteiger partial charge in [0.1, 0.15) is 0 Å². The topological polar surface area (TPSA) is 41.1 Å². The van der Waals surface area contributed by atoms with E-state index in [1.807, 2.05) is 30.3 Å². The van der Waals surface area contributed by atoms with E-state index in [-0.39, 0.29) is 5.91 Å². The predicted octanol–water partition coefficient (Wildman–Crippen LogP) is 4.54. The molecule has 5 heteroatoms. The van der Waals surface area contributed by atoms with Gasteiger partial charge in [0, 0.05) is 33.8 Å². The fraction of sp³-hybridized carbons (Fsp3) is 0.133. The summed E-state index contributed by atoms with van der Waals surface area (Å²) in [6.45, 7) is 0.577. The standard InChI is InChI=1S/C15H14BrClN2O/c16-11-4-6-13(7-5-11)18-9-8-15(20)19-14-3-1-2-12(17)10-14/h1-7,10,18H,8-9H2,(H,19,20). The maximum absolute atomic E-state index is 11.8. The van der Waals surface area contributed by atoms with Crippen molar-refractivity contribution in [1.29, 1.82) is 0 Å². The number of halogens is 2. The Labute approximate surface area is 131 Å². The molecule has 2 rings (SSSR count). The Morgan fingerprint density at radius 1 is 1.10 bits per heavy atom. The van der Waals surface area contributed by atoms with Gasteiger partial charge >= 0.3 is 0 Å². The summed E-state index contributed by atoms with van der Waals surface area (Å²) in [5, 5.41) is 6.61. The third kappa shape index (κ3) is 4.87. The van der Waals surface area contributed by atoms with Gasteiger partial charge in [-0.05, 0) is 42.5 Å². The minimum Gasteiger partial charge on any atom is -0.385 e. The van der Waals surface area contributed by atoms with Crippen LogP contribution in [0.5, 0.6) is 0 Å². The van der Waals surface area contributed by atoms with E-state index in [0.29, 0.717) is 23.7 Å². The minimum atomic E-state index is -0.0446. The van der Waals surface area contributed by atoms with Gasteiger partial charge in [0.05, 0.1) is 0 Å². The summed E-state index contributed by atoms with van der Waals surface area (Å²) in [4.78, 5) is 11.8. The SMILES string of the molecule is O=C(CCNc1ccc(Br)cc1)Nc1cccc(Cl)c1. The van der Waals surface area contributed by atoms with Gasteiger partial charge in [0.25, 0.3) is 0 Å². The molecule has 0 heterocycles. The molecule has 104 valence electrons. The summed E-state index contributed by atoms with van der Waals surface area (Å²) in [6, 6.07) is 14.9. The molecule has 2 aromatic carbocycles. The van der Waals surface area contributed by atoms with Crippen LogP contribution in [0.2, 0.25) is 5.02 Å². The van der Waals surface area contributed by atoms with Crippen molar-refractivity contribution >= 4 is 44.8 Å².